The third-order valence-electron chi connectivity index (χ3n) is 4.18. The zero-order chi connectivity index (χ0) is 17.6. The van der Waals surface area contributed by atoms with Crippen molar-refractivity contribution in [1.29, 1.82) is 0 Å². The Morgan fingerprint density at radius 3 is 2.80 bits per heavy atom. The smallest absolute Gasteiger partial charge is 0.191 e. The summed E-state index contributed by atoms with van der Waals surface area (Å²) < 4.78 is 1.96. The van der Waals surface area contributed by atoms with Crippen molar-refractivity contribution in [3.8, 4) is 0 Å². The number of aryl methyl sites for hydroxylation is 1. The second kappa shape index (κ2) is 7.83. The Morgan fingerprint density at radius 1 is 1.24 bits per heavy atom. The molecule has 0 bridgehead atoms. The number of aromatic amines is 1. The highest BCUT2D eigenvalue weighted by atomic mass is 15.3. The molecule has 2 heterocycles. The summed E-state index contributed by atoms with van der Waals surface area (Å²) >= 11 is 0. The van der Waals surface area contributed by atoms with Crippen molar-refractivity contribution in [2.45, 2.75) is 26.8 Å². The number of hydrogen-bond donors (Lipinski definition) is 3. The van der Waals surface area contributed by atoms with Gasteiger partial charge < -0.3 is 20.2 Å². The molecule has 7 heteroatoms. The van der Waals surface area contributed by atoms with Crippen LogP contribution in [-0.2, 0) is 20.0 Å². The molecule has 0 aliphatic carbocycles. The van der Waals surface area contributed by atoms with Crippen LogP contribution in [-0.4, -0.2) is 38.8 Å². The molecule has 0 saturated carbocycles. The maximum Gasteiger partial charge on any atom is 0.191 e. The molecule has 0 fully saturated rings. The van der Waals surface area contributed by atoms with Gasteiger partial charge in [-0.05, 0) is 31.4 Å². The van der Waals surface area contributed by atoms with E-state index in [0.29, 0.717) is 6.54 Å². The standard InChI is InChI=1S/C18H25N7/c1-4-19-18(21-12-17-24-23-13(2)25(17)3)20-10-9-15-11-14-7-5-6-8-16(14)22-15/h5-8,11,22H,4,9-10,12H2,1-3H3,(H2,19,20,21). The molecule has 3 rings (SSSR count). The molecule has 0 atom stereocenters. The predicted octanol–water partition coefficient (Wildman–Crippen LogP) is 1.90. The Hall–Kier alpha value is -2.83. The van der Waals surface area contributed by atoms with E-state index in [4.69, 9.17) is 0 Å². The Morgan fingerprint density at radius 2 is 2.08 bits per heavy atom. The van der Waals surface area contributed by atoms with Crippen LogP contribution in [0.15, 0.2) is 35.3 Å². The molecule has 3 N–H and O–H groups in total. The van der Waals surface area contributed by atoms with Gasteiger partial charge in [0.2, 0.25) is 0 Å². The van der Waals surface area contributed by atoms with Crippen LogP contribution in [0.3, 0.4) is 0 Å². The number of nitrogens with one attached hydrogen (secondary N) is 3. The van der Waals surface area contributed by atoms with E-state index >= 15 is 0 Å². The van der Waals surface area contributed by atoms with Gasteiger partial charge in [-0.3, -0.25) is 0 Å². The van der Waals surface area contributed by atoms with Crippen LogP contribution in [0, 0.1) is 6.92 Å². The van der Waals surface area contributed by atoms with E-state index in [2.05, 4.69) is 62.0 Å². The second-order valence-electron chi connectivity index (χ2n) is 5.98. The number of para-hydroxylation sites is 1. The lowest BCUT2D eigenvalue weighted by Gasteiger charge is -2.10. The van der Waals surface area contributed by atoms with E-state index in [1.165, 1.54) is 16.6 Å². The summed E-state index contributed by atoms with van der Waals surface area (Å²) in [6.07, 6.45) is 0.905. The van der Waals surface area contributed by atoms with Crippen LogP contribution in [0.2, 0.25) is 0 Å². The monoisotopic (exact) mass is 339 g/mol. The minimum atomic E-state index is 0.499. The van der Waals surface area contributed by atoms with E-state index in [-0.39, 0.29) is 0 Å². The summed E-state index contributed by atoms with van der Waals surface area (Å²) in [6.45, 7) is 6.11. The summed E-state index contributed by atoms with van der Waals surface area (Å²) in [6, 6.07) is 10.5. The van der Waals surface area contributed by atoms with E-state index in [1.807, 2.05) is 24.6 Å². The molecule has 0 amide bonds. The number of aromatic nitrogens is 4. The first kappa shape index (κ1) is 17.0. The first-order chi connectivity index (χ1) is 12.2. The molecule has 0 saturated heterocycles. The Balaban J connectivity index is 1.57. The average Bonchev–Trinajstić information content (AvgIpc) is 3.16. The molecule has 0 aliphatic heterocycles. The van der Waals surface area contributed by atoms with Gasteiger partial charge in [0.1, 0.15) is 12.4 Å². The van der Waals surface area contributed by atoms with Gasteiger partial charge in [-0.15, -0.1) is 10.2 Å². The SMILES string of the molecule is CCNC(=NCc1nnc(C)n1C)NCCc1cc2ccccc2[nH]1. The average molecular weight is 339 g/mol. The van der Waals surface area contributed by atoms with Gasteiger partial charge in [0, 0.05) is 37.8 Å². The number of H-pyrrole nitrogens is 1. The van der Waals surface area contributed by atoms with Crippen molar-refractivity contribution in [1.82, 2.24) is 30.4 Å². The fraction of sp³-hybridized carbons (Fsp3) is 0.389. The molecule has 7 nitrogen and oxygen atoms in total. The maximum absolute atomic E-state index is 4.59. The largest absolute Gasteiger partial charge is 0.358 e. The highest BCUT2D eigenvalue weighted by Crippen LogP contribution is 2.14. The number of nitrogens with zero attached hydrogens (tertiary/aromatic N) is 4. The summed E-state index contributed by atoms with van der Waals surface area (Å²) in [5, 5.41) is 16.1. The highest BCUT2D eigenvalue weighted by molar-refractivity contribution is 5.81. The van der Waals surface area contributed by atoms with Crippen molar-refractivity contribution >= 4 is 16.9 Å². The lowest BCUT2D eigenvalue weighted by molar-refractivity contribution is 0.752. The predicted molar refractivity (Wildman–Crippen MR) is 101 cm³/mol. The van der Waals surface area contributed by atoms with Crippen LogP contribution in [0.5, 0.6) is 0 Å². The van der Waals surface area contributed by atoms with Gasteiger partial charge in [-0.25, -0.2) is 4.99 Å². The number of aliphatic imine (C=N–C) groups is 1. The van der Waals surface area contributed by atoms with Crippen molar-refractivity contribution in [3.63, 3.8) is 0 Å². The topological polar surface area (TPSA) is 82.9 Å². The molecule has 1 aromatic carbocycles. The third-order valence-corrected chi connectivity index (χ3v) is 4.18. The summed E-state index contributed by atoms with van der Waals surface area (Å²) in [5.74, 6) is 2.53. The van der Waals surface area contributed by atoms with Gasteiger partial charge in [0.25, 0.3) is 0 Å². The van der Waals surface area contributed by atoms with Crippen LogP contribution < -0.4 is 10.6 Å². The van der Waals surface area contributed by atoms with Crippen molar-refractivity contribution < 1.29 is 0 Å². The lowest BCUT2D eigenvalue weighted by atomic mass is 10.2. The zero-order valence-corrected chi connectivity index (χ0v) is 15.0. The van der Waals surface area contributed by atoms with Crippen LogP contribution >= 0.6 is 0 Å². The van der Waals surface area contributed by atoms with Gasteiger partial charge in [-0.1, -0.05) is 18.2 Å². The minimum Gasteiger partial charge on any atom is -0.358 e. The van der Waals surface area contributed by atoms with Crippen molar-refractivity contribution in [2.75, 3.05) is 13.1 Å². The number of benzene rings is 1. The van der Waals surface area contributed by atoms with Crippen molar-refractivity contribution in [2.24, 2.45) is 12.0 Å². The molecule has 0 unspecified atom stereocenters. The maximum atomic E-state index is 4.59. The molecule has 0 aliphatic rings. The van der Waals surface area contributed by atoms with E-state index < -0.39 is 0 Å². The molecule has 2 aromatic heterocycles. The Bertz CT molecular complexity index is 826. The first-order valence-electron chi connectivity index (χ1n) is 8.61. The number of hydrogen-bond acceptors (Lipinski definition) is 3. The fourth-order valence-electron chi connectivity index (χ4n) is 2.66. The normalized spacial score (nSPS) is 11.9. The van der Waals surface area contributed by atoms with Crippen LogP contribution in [0.4, 0.5) is 0 Å². The molecule has 25 heavy (non-hydrogen) atoms. The van der Waals surface area contributed by atoms with Crippen LogP contribution in [0.1, 0.15) is 24.3 Å². The third kappa shape index (κ3) is 4.17. The molecule has 3 aromatic rings. The molecule has 0 radical (unpaired) electrons. The lowest BCUT2D eigenvalue weighted by Crippen LogP contribution is -2.38. The van der Waals surface area contributed by atoms with Gasteiger partial charge in [-0.2, -0.15) is 0 Å². The van der Waals surface area contributed by atoms with Gasteiger partial charge in [0.05, 0.1) is 0 Å². The van der Waals surface area contributed by atoms with E-state index in [9.17, 15) is 0 Å². The van der Waals surface area contributed by atoms with Gasteiger partial charge in [0.15, 0.2) is 11.8 Å². The van der Waals surface area contributed by atoms with Crippen LogP contribution in [0.25, 0.3) is 10.9 Å². The number of guanidine groups is 1. The van der Waals surface area contributed by atoms with E-state index in [1.54, 1.807) is 0 Å². The summed E-state index contributed by atoms with van der Waals surface area (Å²) in [7, 11) is 1.95. The van der Waals surface area contributed by atoms with Gasteiger partial charge >= 0.3 is 0 Å². The minimum absolute atomic E-state index is 0.499. The highest BCUT2D eigenvalue weighted by Gasteiger charge is 2.05. The first-order valence-corrected chi connectivity index (χ1v) is 8.61. The Kier molecular flexibility index (Phi) is 5.33. The van der Waals surface area contributed by atoms with E-state index in [0.717, 1.165) is 37.1 Å². The molecular formula is C18H25N7. The molecular weight excluding hydrogens is 314 g/mol. The second-order valence-corrected chi connectivity index (χ2v) is 5.98. The molecule has 132 valence electrons. The quantitative estimate of drug-likeness (QED) is 0.473. The summed E-state index contributed by atoms with van der Waals surface area (Å²) in [4.78, 5) is 8.04. The number of rotatable bonds is 6. The fourth-order valence-corrected chi connectivity index (χ4v) is 2.66. The van der Waals surface area contributed by atoms with Crippen molar-refractivity contribution in [3.05, 3.63) is 47.7 Å². The Labute approximate surface area is 147 Å². The summed E-state index contributed by atoms with van der Waals surface area (Å²) in [5.41, 5.74) is 2.39. The number of fused-ring (bicyclic) bond motifs is 1. The molecule has 0 spiro atoms. The zero-order valence-electron chi connectivity index (χ0n) is 15.0.